The molecule has 1 aliphatic carbocycles. The minimum absolute atomic E-state index is 0.189. The molecule has 0 unspecified atom stereocenters. The lowest BCUT2D eigenvalue weighted by Crippen LogP contribution is -2.40. The van der Waals surface area contributed by atoms with Gasteiger partial charge in [-0.05, 0) is 54.7 Å². The van der Waals surface area contributed by atoms with E-state index < -0.39 is 12.6 Å². The van der Waals surface area contributed by atoms with Gasteiger partial charge in [0.05, 0.1) is 18.2 Å². The fraction of sp³-hybridized carbons (Fsp3) is 0.458. The molecule has 0 atom stereocenters. The van der Waals surface area contributed by atoms with E-state index in [0.717, 1.165) is 66.9 Å². The van der Waals surface area contributed by atoms with E-state index in [1.54, 1.807) is 6.07 Å². The zero-order valence-electron chi connectivity index (χ0n) is 17.8. The molecule has 3 aliphatic rings. The first-order chi connectivity index (χ1) is 15.8. The predicted octanol–water partition coefficient (Wildman–Crippen LogP) is 5.11. The second-order valence-corrected chi connectivity index (χ2v) is 10.8. The van der Waals surface area contributed by atoms with Gasteiger partial charge in [-0.3, -0.25) is 4.79 Å². The number of alkyl halides is 3. The zero-order valence-corrected chi connectivity index (χ0v) is 18.6. The standard InChI is InChI=1S/C24H22F3N3O2S/c25-24(26,27)11-17-8-18-21(28-13-29-22(18)33-17)30-4-3-23(12-30)9-15(10-23)5-14-1-2-19-16(6-14)7-20(31)32-19/h1-2,6,8,13,15H,3-5,7,9-12H2. The molecule has 2 aromatic heterocycles. The van der Waals surface area contributed by atoms with E-state index >= 15 is 0 Å². The van der Waals surface area contributed by atoms with Crippen LogP contribution in [-0.4, -0.2) is 35.2 Å². The third-order valence-electron chi connectivity index (χ3n) is 7.12. The maximum atomic E-state index is 12.8. The maximum Gasteiger partial charge on any atom is 0.393 e. The van der Waals surface area contributed by atoms with Crippen LogP contribution < -0.4 is 9.64 Å². The van der Waals surface area contributed by atoms with Crippen molar-refractivity contribution in [1.82, 2.24) is 9.97 Å². The van der Waals surface area contributed by atoms with Crippen LogP contribution >= 0.6 is 11.3 Å². The summed E-state index contributed by atoms with van der Waals surface area (Å²) in [5, 5.41) is 0.726. The van der Waals surface area contributed by atoms with Gasteiger partial charge in [-0.25, -0.2) is 9.97 Å². The number of carbonyl (C=O) groups excluding carboxylic acids is 1. The van der Waals surface area contributed by atoms with Gasteiger partial charge in [0, 0.05) is 23.5 Å². The van der Waals surface area contributed by atoms with E-state index in [4.69, 9.17) is 4.74 Å². The summed E-state index contributed by atoms with van der Waals surface area (Å²) in [5.41, 5.74) is 2.48. The average Bonchev–Trinajstić information content (AvgIpc) is 3.41. The summed E-state index contributed by atoms with van der Waals surface area (Å²) in [5.74, 6) is 1.85. The first kappa shape index (κ1) is 20.9. The normalized spacial score (nSPS) is 24.4. The zero-order chi connectivity index (χ0) is 22.8. The van der Waals surface area contributed by atoms with Gasteiger partial charge < -0.3 is 9.64 Å². The Bertz CT molecular complexity index is 1250. The molecule has 0 bridgehead atoms. The van der Waals surface area contributed by atoms with Gasteiger partial charge in [0.1, 0.15) is 22.7 Å². The van der Waals surface area contributed by atoms with Crippen molar-refractivity contribution in [2.24, 2.45) is 11.3 Å². The molecule has 1 saturated heterocycles. The summed E-state index contributed by atoms with van der Waals surface area (Å²) in [6.45, 7) is 1.74. The van der Waals surface area contributed by atoms with Crippen LogP contribution in [-0.2, 0) is 24.1 Å². The number of hydrogen-bond donors (Lipinski definition) is 0. The van der Waals surface area contributed by atoms with Crippen LogP contribution in [0.15, 0.2) is 30.6 Å². The Morgan fingerprint density at radius 2 is 2.06 bits per heavy atom. The Morgan fingerprint density at radius 1 is 1.21 bits per heavy atom. The summed E-state index contributed by atoms with van der Waals surface area (Å²) >= 11 is 1.10. The minimum atomic E-state index is -4.23. The Kier molecular flexibility index (Phi) is 4.69. The number of halogens is 3. The number of rotatable bonds is 4. The van der Waals surface area contributed by atoms with Crippen molar-refractivity contribution in [2.75, 3.05) is 18.0 Å². The van der Waals surface area contributed by atoms with E-state index in [2.05, 4.69) is 27.0 Å². The largest absolute Gasteiger partial charge is 0.426 e. The van der Waals surface area contributed by atoms with Crippen molar-refractivity contribution in [3.63, 3.8) is 0 Å². The first-order valence-corrected chi connectivity index (χ1v) is 11.9. The van der Waals surface area contributed by atoms with Gasteiger partial charge in [0.15, 0.2) is 0 Å². The first-order valence-electron chi connectivity index (χ1n) is 11.1. The number of aromatic nitrogens is 2. The van der Waals surface area contributed by atoms with Gasteiger partial charge in [-0.15, -0.1) is 11.3 Å². The molecule has 33 heavy (non-hydrogen) atoms. The number of esters is 1. The number of carbonyl (C=O) groups is 1. The number of benzene rings is 1. The van der Waals surface area contributed by atoms with Crippen LogP contribution in [0.25, 0.3) is 10.2 Å². The highest BCUT2D eigenvalue weighted by Crippen LogP contribution is 2.53. The molecule has 4 heterocycles. The molecule has 2 aliphatic heterocycles. The molecule has 1 spiro atoms. The maximum absolute atomic E-state index is 12.8. The summed E-state index contributed by atoms with van der Waals surface area (Å²) in [6.07, 6.45) is 0.986. The third kappa shape index (κ3) is 3.96. The van der Waals surface area contributed by atoms with Crippen molar-refractivity contribution < 1.29 is 22.7 Å². The lowest BCUT2D eigenvalue weighted by Gasteiger charge is -2.45. The van der Waals surface area contributed by atoms with Crippen LogP contribution in [0, 0.1) is 11.3 Å². The van der Waals surface area contributed by atoms with Crippen LogP contribution in [0.5, 0.6) is 5.75 Å². The van der Waals surface area contributed by atoms with Gasteiger partial charge >= 0.3 is 12.1 Å². The summed E-state index contributed by atoms with van der Waals surface area (Å²) in [6, 6.07) is 7.66. The molecule has 3 aromatic rings. The average molecular weight is 474 g/mol. The molecular formula is C24H22F3N3O2S. The van der Waals surface area contributed by atoms with Crippen LogP contribution in [0.4, 0.5) is 19.0 Å². The fourth-order valence-corrected chi connectivity index (χ4v) is 6.85. The Hall–Kier alpha value is -2.68. The quantitative estimate of drug-likeness (QED) is 0.390. The number of thiophene rings is 1. The summed E-state index contributed by atoms with van der Waals surface area (Å²) in [4.78, 5) is 23.3. The molecule has 9 heteroatoms. The minimum Gasteiger partial charge on any atom is -0.426 e. The molecular weight excluding hydrogens is 451 g/mol. The highest BCUT2D eigenvalue weighted by molar-refractivity contribution is 7.18. The molecule has 1 saturated carbocycles. The molecule has 5 nitrogen and oxygen atoms in total. The van der Waals surface area contributed by atoms with Gasteiger partial charge in [0.2, 0.25) is 0 Å². The van der Waals surface area contributed by atoms with Crippen molar-refractivity contribution in [3.8, 4) is 5.75 Å². The predicted molar refractivity (Wildman–Crippen MR) is 119 cm³/mol. The summed E-state index contributed by atoms with van der Waals surface area (Å²) in [7, 11) is 0. The smallest absolute Gasteiger partial charge is 0.393 e. The monoisotopic (exact) mass is 473 g/mol. The lowest BCUT2D eigenvalue weighted by atomic mass is 9.60. The van der Waals surface area contributed by atoms with Crippen LogP contribution in [0.2, 0.25) is 0 Å². The lowest BCUT2D eigenvalue weighted by molar-refractivity contribution is -0.132. The molecule has 1 aromatic carbocycles. The van der Waals surface area contributed by atoms with E-state index in [1.807, 2.05) is 6.07 Å². The van der Waals surface area contributed by atoms with Crippen molar-refractivity contribution in [1.29, 1.82) is 0 Å². The van der Waals surface area contributed by atoms with Gasteiger partial charge in [0.25, 0.3) is 0 Å². The fourth-order valence-electron chi connectivity index (χ4n) is 5.83. The SMILES string of the molecule is O=C1Cc2cc(CC3CC4(CCN(c5ncnc6sc(CC(F)(F)F)cc56)C4)C3)ccc2O1. The Morgan fingerprint density at radius 3 is 2.88 bits per heavy atom. The number of ether oxygens (including phenoxy) is 1. The number of fused-ring (bicyclic) bond motifs is 2. The van der Waals surface area contributed by atoms with Gasteiger partial charge in [-0.2, -0.15) is 13.2 Å². The molecule has 6 rings (SSSR count). The molecule has 0 radical (unpaired) electrons. The number of hydrogen-bond acceptors (Lipinski definition) is 6. The van der Waals surface area contributed by atoms with E-state index in [9.17, 15) is 18.0 Å². The van der Waals surface area contributed by atoms with E-state index in [1.165, 1.54) is 11.9 Å². The van der Waals surface area contributed by atoms with Crippen LogP contribution in [0.3, 0.4) is 0 Å². The number of anilines is 1. The molecule has 0 N–H and O–H groups in total. The second-order valence-electron chi connectivity index (χ2n) is 9.66. The highest BCUT2D eigenvalue weighted by Gasteiger charge is 2.48. The second kappa shape index (κ2) is 7.41. The third-order valence-corrected chi connectivity index (χ3v) is 8.17. The topological polar surface area (TPSA) is 55.3 Å². The Balaban J connectivity index is 1.12. The highest BCUT2D eigenvalue weighted by atomic mass is 32.1. The van der Waals surface area contributed by atoms with E-state index in [-0.39, 0.29) is 16.3 Å². The van der Waals surface area contributed by atoms with Crippen molar-refractivity contribution in [2.45, 2.75) is 44.7 Å². The Labute approximate surface area is 192 Å². The molecule has 0 amide bonds. The summed E-state index contributed by atoms with van der Waals surface area (Å²) < 4.78 is 43.7. The van der Waals surface area contributed by atoms with Crippen molar-refractivity contribution in [3.05, 3.63) is 46.6 Å². The molecule has 2 fully saturated rings. The molecule has 172 valence electrons. The van der Waals surface area contributed by atoms with Crippen LogP contribution in [0.1, 0.15) is 35.3 Å². The van der Waals surface area contributed by atoms with Gasteiger partial charge in [-0.1, -0.05) is 12.1 Å². The van der Waals surface area contributed by atoms with Crippen molar-refractivity contribution >= 4 is 33.3 Å². The number of nitrogens with zero attached hydrogens (tertiary/aromatic N) is 3. The van der Waals surface area contributed by atoms with E-state index in [0.29, 0.717) is 22.9 Å².